The van der Waals surface area contributed by atoms with E-state index in [0.29, 0.717) is 18.0 Å². The number of hydrogen-bond donors (Lipinski definition) is 2. The summed E-state index contributed by atoms with van der Waals surface area (Å²) in [5.74, 6) is 0.818. The molecule has 2 aliphatic rings. The summed E-state index contributed by atoms with van der Waals surface area (Å²) in [6.07, 6.45) is 3.84. The Labute approximate surface area is 105 Å². The Balaban J connectivity index is 2.13. The van der Waals surface area contributed by atoms with Crippen LogP contribution in [0.1, 0.15) is 47.0 Å². The molecule has 4 atom stereocenters. The van der Waals surface area contributed by atoms with Gasteiger partial charge in [-0.15, -0.1) is 0 Å². The molecule has 2 aliphatic carbocycles. The summed E-state index contributed by atoms with van der Waals surface area (Å²) < 4.78 is 0. The van der Waals surface area contributed by atoms with Crippen LogP contribution in [-0.4, -0.2) is 18.5 Å². The molecule has 0 aliphatic heterocycles. The molecule has 0 saturated heterocycles. The van der Waals surface area contributed by atoms with Crippen molar-refractivity contribution in [3.05, 3.63) is 0 Å². The van der Waals surface area contributed by atoms with E-state index < -0.39 is 0 Å². The molecule has 0 spiro atoms. The molecule has 0 heterocycles. The van der Waals surface area contributed by atoms with Gasteiger partial charge in [0.1, 0.15) is 0 Å². The quantitative estimate of drug-likeness (QED) is 0.789. The molecule has 4 unspecified atom stereocenters. The van der Waals surface area contributed by atoms with Gasteiger partial charge in [-0.2, -0.15) is 0 Å². The van der Waals surface area contributed by atoms with Crippen molar-refractivity contribution >= 4 is 5.91 Å². The lowest BCUT2D eigenvalue weighted by atomic mass is 9.68. The molecule has 0 aromatic carbocycles. The second kappa shape index (κ2) is 3.98. The fourth-order valence-electron chi connectivity index (χ4n) is 4.05. The van der Waals surface area contributed by atoms with Crippen molar-refractivity contribution in [3.63, 3.8) is 0 Å². The van der Waals surface area contributed by atoms with Gasteiger partial charge in [0.25, 0.3) is 0 Å². The van der Waals surface area contributed by atoms with E-state index in [1.165, 1.54) is 19.3 Å². The molecular weight excluding hydrogens is 212 g/mol. The van der Waals surface area contributed by atoms with Crippen LogP contribution >= 0.6 is 0 Å². The van der Waals surface area contributed by atoms with Crippen molar-refractivity contribution in [2.24, 2.45) is 28.4 Å². The fourth-order valence-corrected chi connectivity index (χ4v) is 4.05. The number of amides is 1. The van der Waals surface area contributed by atoms with E-state index >= 15 is 0 Å². The molecule has 2 fully saturated rings. The first-order valence-corrected chi connectivity index (χ1v) is 6.81. The van der Waals surface area contributed by atoms with Crippen molar-refractivity contribution in [1.82, 2.24) is 5.32 Å². The van der Waals surface area contributed by atoms with Gasteiger partial charge in [0, 0.05) is 18.5 Å². The molecule has 3 heteroatoms. The van der Waals surface area contributed by atoms with E-state index in [9.17, 15) is 4.79 Å². The molecule has 0 aromatic heterocycles. The standard InChI is InChI=1S/C14H26N2O/c1-9(8-15)11(17)16-12-13(2,3)10-5-6-14(12,4)7-10/h9-10,12H,5-8,15H2,1-4H3,(H,16,17). The summed E-state index contributed by atoms with van der Waals surface area (Å²) in [7, 11) is 0. The highest BCUT2D eigenvalue weighted by Gasteiger charge is 2.59. The third-order valence-corrected chi connectivity index (χ3v) is 5.36. The topological polar surface area (TPSA) is 55.1 Å². The average molecular weight is 238 g/mol. The predicted molar refractivity (Wildman–Crippen MR) is 69.4 cm³/mol. The number of nitrogens with two attached hydrogens (primary N) is 1. The minimum atomic E-state index is -0.0754. The minimum Gasteiger partial charge on any atom is -0.352 e. The summed E-state index contributed by atoms with van der Waals surface area (Å²) in [5.41, 5.74) is 6.10. The number of carbonyl (C=O) groups excluding carboxylic acids is 1. The molecular formula is C14H26N2O. The predicted octanol–water partition coefficient (Wildman–Crippen LogP) is 1.91. The van der Waals surface area contributed by atoms with Crippen molar-refractivity contribution < 1.29 is 4.79 Å². The second-order valence-electron chi connectivity index (χ2n) is 6.99. The molecule has 2 saturated carbocycles. The van der Waals surface area contributed by atoms with Gasteiger partial charge in [0.05, 0.1) is 0 Å². The Hall–Kier alpha value is -0.570. The number of fused-ring (bicyclic) bond motifs is 2. The van der Waals surface area contributed by atoms with Crippen molar-refractivity contribution in [2.75, 3.05) is 6.54 Å². The van der Waals surface area contributed by atoms with Gasteiger partial charge in [-0.1, -0.05) is 27.7 Å². The van der Waals surface area contributed by atoms with Gasteiger partial charge in [0.2, 0.25) is 5.91 Å². The van der Waals surface area contributed by atoms with E-state index in [1.54, 1.807) is 0 Å². The molecule has 1 amide bonds. The summed E-state index contributed by atoms with van der Waals surface area (Å²) in [6, 6.07) is 0.315. The van der Waals surface area contributed by atoms with Gasteiger partial charge >= 0.3 is 0 Å². The molecule has 3 nitrogen and oxygen atoms in total. The Morgan fingerprint density at radius 3 is 2.59 bits per heavy atom. The Morgan fingerprint density at radius 1 is 1.47 bits per heavy atom. The third kappa shape index (κ3) is 1.88. The van der Waals surface area contributed by atoms with Gasteiger partial charge in [0.15, 0.2) is 0 Å². The highest BCUT2D eigenvalue weighted by Crippen LogP contribution is 2.62. The zero-order valence-corrected chi connectivity index (χ0v) is 11.5. The van der Waals surface area contributed by atoms with Crippen LogP contribution in [-0.2, 0) is 4.79 Å². The maximum absolute atomic E-state index is 12.0. The van der Waals surface area contributed by atoms with E-state index in [0.717, 1.165) is 5.92 Å². The first-order valence-electron chi connectivity index (χ1n) is 6.81. The van der Waals surface area contributed by atoms with Crippen molar-refractivity contribution in [2.45, 2.75) is 53.0 Å². The Bertz CT molecular complexity index is 321. The summed E-state index contributed by atoms with van der Waals surface area (Å²) in [4.78, 5) is 12.0. The van der Waals surface area contributed by atoms with Crippen molar-refractivity contribution in [1.29, 1.82) is 0 Å². The van der Waals surface area contributed by atoms with Crippen LogP contribution in [0.5, 0.6) is 0 Å². The molecule has 0 radical (unpaired) electrons. The lowest BCUT2D eigenvalue weighted by Crippen LogP contribution is -2.54. The van der Waals surface area contributed by atoms with Gasteiger partial charge < -0.3 is 11.1 Å². The van der Waals surface area contributed by atoms with Crippen LogP contribution in [0.25, 0.3) is 0 Å². The SMILES string of the molecule is CC(CN)C(=O)NC1C2(C)CCC(C2)C1(C)C. The van der Waals surface area contributed by atoms with Gasteiger partial charge in [-0.05, 0) is 36.0 Å². The van der Waals surface area contributed by atoms with E-state index in [-0.39, 0.29) is 17.2 Å². The molecule has 3 N–H and O–H groups in total. The zero-order chi connectivity index (χ0) is 12.8. The zero-order valence-electron chi connectivity index (χ0n) is 11.5. The lowest BCUT2D eigenvalue weighted by molar-refractivity contribution is -0.127. The summed E-state index contributed by atoms with van der Waals surface area (Å²) in [5, 5.41) is 3.27. The number of hydrogen-bond acceptors (Lipinski definition) is 2. The van der Waals surface area contributed by atoms with Crippen LogP contribution in [0.3, 0.4) is 0 Å². The average Bonchev–Trinajstić information content (AvgIpc) is 2.74. The van der Waals surface area contributed by atoms with Crippen molar-refractivity contribution in [3.8, 4) is 0 Å². The summed E-state index contributed by atoms with van der Waals surface area (Å²) >= 11 is 0. The molecule has 17 heavy (non-hydrogen) atoms. The number of nitrogens with one attached hydrogen (secondary N) is 1. The first-order chi connectivity index (χ1) is 7.81. The minimum absolute atomic E-state index is 0.0754. The fraction of sp³-hybridized carbons (Fsp3) is 0.929. The molecule has 0 aromatic rings. The monoisotopic (exact) mass is 238 g/mol. The molecule has 98 valence electrons. The first kappa shape index (κ1) is 12.9. The van der Waals surface area contributed by atoms with Crippen LogP contribution in [0.2, 0.25) is 0 Å². The van der Waals surface area contributed by atoms with Crippen LogP contribution in [0, 0.1) is 22.7 Å². The van der Waals surface area contributed by atoms with Gasteiger partial charge in [-0.25, -0.2) is 0 Å². The molecule has 2 rings (SSSR count). The largest absolute Gasteiger partial charge is 0.352 e. The highest BCUT2D eigenvalue weighted by atomic mass is 16.2. The third-order valence-electron chi connectivity index (χ3n) is 5.36. The van der Waals surface area contributed by atoms with Gasteiger partial charge in [-0.3, -0.25) is 4.79 Å². The smallest absolute Gasteiger partial charge is 0.224 e. The maximum atomic E-state index is 12.0. The van der Waals surface area contributed by atoms with E-state index in [2.05, 4.69) is 26.1 Å². The van der Waals surface area contributed by atoms with Crippen LogP contribution in [0.15, 0.2) is 0 Å². The van der Waals surface area contributed by atoms with Crippen LogP contribution < -0.4 is 11.1 Å². The Kier molecular flexibility index (Phi) is 3.01. The highest BCUT2D eigenvalue weighted by molar-refractivity contribution is 5.79. The Morgan fingerprint density at radius 2 is 2.12 bits per heavy atom. The van der Waals surface area contributed by atoms with E-state index in [4.69, 9.17) is 5.73 Å². The number of carbonyl (C=O) groups is 1. The second-order valence-corrected chi connectivity index (χ2v) is 6.99. The lowest BCUT2D eigenvalue weighted by Gasteiger charge is -2.43. The molecule has 2 bridgehead atoms. The van der Waals surface area contributed by atoms with Crippen LogP contribution in [0.4, 0.5) is 0 Å². The van der Waals surface area contributed by atoms with E-state index in [1.807, 2.05) is 6.92 Å². The summed E-state index contributed by atoms with van der Waals surface area (Å²) in [6.45, 7) is 9.27. The normalized spacial score (nSPS) is 40.3. The maximum Gasteiger partial charge on any atom is 0.224 e. The number of rotatable bonds is 3.